The van der Waals surface area contributed by atoms with Gasteiger partial charge in [0, 0.05) is 58.4 Å². The molecule has 0 radical (unpaired) electrons. The number of nitrogens with zero attached hydrogens (tertiary/aromatic N) is 5. The van der Waals surface area contributed by atoms with E-state index in [4.69, 9.17) is 4.42 Å². The van der Waals surface area contributed by atoms with Crippen molar-refractivity contribution in [1.29, 1.82) is 0 Å². The van der Waals surface area contributed by atoms with E-state index in [1.807, 2.05) is 17.0 Å². The van der Waals surface area contributed by atoms with E-state index in [0.29, 0.717) is 44.8 Å². The Kier molecular flexibility index (Phi) is 5.99. The van der Waals surface area contributed by atoms with Crippen molar-refractivity contribution in [3.8, 4) is 0 Å². The molecule has 164 valence electrons. The highest BCUT2D eigenvalue weighted by molar-refractivity contribution is 7.89. The van der Waals surface area contributed by atoms with Crippen LogP contribution in [-0.4, -0.2) is 77.2 Å². The molecule has 0 saturated carbocycles. The van der Waals surface area contributed by atoms with Crippen molar-refractivity contribution in [2.24, 2.45) is 13.0 Å². The number of furan rings is 1. The molecule has 0 bridgehead atoms. The van der Waals surface area contributed by atoms with Gasteiger partial charge in [0.15, 0.2) is 5.03 Å². The summed E-state index contributed by atoms with van der Waals surface area (Å²) in [5.74, 6) is 1.63. The summed E-state index contributed by atoms with van der Waals surface area (Å²) < 4.78 is 34.2. The third-order valence-corrected chi connectivity index (χ3v) is 7.91. The van der Waals surface area contributed by atoms with Gasteiger partial charge in [-0.2, -0.15) is 4.31 Å². The first-order valence-corrected chi connectivity index (χ1v) is 11.8. The third-order valence-electron chi connectivity index (χ3n) is 6.14. The summed E-state index contributed by atoms with van der Waals surface area (Å²) in [6, 6.07) is 3.85. The minimum Gasteiger partial charge on any atom is -0.468 e. The van der Waals surface area contributed by atoms with Gasteiger partial charge in [-0.1, -0.05) is 0 Å². The summed E-state index contributed by atoms with van der Waals surface area (Å²) in [6.45, 7) is 6.28. The number of hydrogen-bond acceptors (Lipinski definition) is 6. The van der Waals surface area contributed by atoms with Gasteiger partial charge in [-0.15, -0.1) is 0 Å². The number of amides is 1. The van der Waals surface area contributed by atoms with Crippen LogP contribution in [0, 0.1) is 12.8 Å². The first-order chi connectivity index (χ1) is 14.3. The lowest BCUT2D eigenvalue weighted by Crippen LogP contribution is -2.51. The van der Waals surface area contributed by atoms with Gasteiger partial charge in [-0.3, -0.25) is 9.69 Å². The van der Waals surface area contributed by atoms with Crippen LogP contribution in [0.1, 0.15) is 24.4 Å². The maximum Gasteiger partial charge on any atom is 0.262 e. The molecule has 4 rings (SSSR count). The Morgan fingerprint density at radius 1 is 1.17 bits per heavy atom. The topological polar surface area (TPSA) is 91.9 Å². The molecule has 0 atom stereocenters. The Hall–Kier alpha value is -2.17. The van der Waals surface area contributed by atoms with Gasteiger partial charge in [0.2, 0.25) is 5.91 Å². The van der Waals surface area contributed by atoms with Crippen LogP contribution in [0.5, 0.6) is 0 Å². The largest absolute Gasteiger partial charge is 0.468 e. The lowest BCUT2D eigenvalue weighted by molar-refractivity contribution is -0.138. The van der Waals surface area contributed by atoms with Crippen LogP contribution in [0.3, 0.4) is 0 Å². The second kappa shape index (κ2) is 8.52. The molecular formula is C20H29N5O4S. The smallest absolute Gasteiger partial charge is 0.262 e. The van der Waals surface area contributed by atoms with Crippen molar-refractivity contribution in [3.05, 3.63) is 36.2 Å². The number of sulfonamides is 1. The van der Waals surface area contributed by atoms with E-state index < -0.39 is 10.0 Å². The molecule has 0 unspecified atom stereocenters. The molecule has 4 heterocycles. The van der Waals surface area contributed by atoms with Crippen molar-refractivity contribution in [2.45, 2.75) is 31.3 Å². The highest BCUT2D eigenvalue weighted by atomic mass is 32.2. The second-order valence-electron chi connectivity index (χ2n) is 8.10. The standard InChI is InChI=1S/C20H29N5O4S/c1-16-21-19(15-22(16)2)30(27,28)25-7-5-17(6-8-25)20(26)24-11-9-23(10-12-24)14-18-4-3-13-29-18/h3-4,13,15,17H,5-12,14H2,1-2H3. The maximum atomic E-state index is 13.0. The minimum absolute atomic E-state index is 0.0833. The number of carbonyl (C=O) groups excluding carboxylic acids is 1. The molecule has 0 aliphatic carbocycles. The summed E-state index contributed by atoms with van der Waals surface area (Å²) >= 11 is 0. The van der Waals surface area contributed by atoms with E-state index in [0.717, 1.165) is 25.4 Å². The van der Waals surface area contributed by atoms with Crippen LogP contribution in [0.2, 0.25) is 0 Å². The molecule has 2 fully saturated rings. The number of aromatic nitrogens is 2. The molecule has 0 N–H and O–H groups in total. The van der Waals surface area contributed by atoms with Crippen LogP contribution < -0.4 is 0 Å². The number of hydrogen-bond donors (Lipinski definition) is 0. The zero-order valence-electron chi connectivity index (χ0n) is 17.5. The number of piperazine rings is 1. The molecule has 2 aliphatic heterocycles. The molecule has 2 aliphatic rings. The summed E-state index contributed by atoms with van der Waals surface area (Å²) in [7, 11) is -1.83. The van der Waals surface area contributed by atoms with E-state index in [2.05, 4.69) is 9.88 Å². The summed E-state index contributed by atoms with van der Waals surface area (Å²) in [5, 5.41) is 0.0833. The molecule has 2 aromatic rings. The fourth-order valence-corrected chi connectivity index (χ4v) is 5.63. The molecule has 2 saturated heterocycles. The molecule has 9 nitrogen and oxygen atoms in total. The minimum atomic E-state index is -3.61. The molecule has 10 heteroatoms. The number of rotatable bonds is 5. The van der Waals surface area contributed by atoms with Crippen molar-refractivity contribution >= 4 is 15.9 Å². The lowest BCUT2D eigenvalue weighted by Gasteiger charge is -2.38. The number of aryl methyl sites for hydroxylation is 2. The lowest BCUT2D eigenvalue weighted by atomic mass is 9.96. The molecule has 30 heavy (non-hydrogen) atoms. The zero-order valence-corrected chi connectivity index (χ0v) is 18.3. The van der Waals surface area contributed by atoms with E-state index >= 15 is 0 Å². The predicted octanol–water partition coefficient (Wildman–Crippen LogP) is 1.07. The average molecular weight is 436 g/mol. The predicted molar refractivity (Wildman–Crippen MR) is 110 cm³/mol. The van der Waals surface area contributed by atoms with Gasteiger partial charge in [0.1, 0.15) is 11.6 Å². The van der Waals surface area contributed by atoms with Gasteiger partial charge < -0.3 is 13.9 Å². The first-order valence-electron chi connectivity index (χ1n) is 10.4. The Morgan fingerprint density at radius 2 is 1.87 bits per heavy atom. The Labute approximate surface area is 177 Å². The van der Waals surface area contributed by atoms with Crippen molar-refractivity contribution < 1.29 is 17.6 Å². The molecule has 0 aromatic carbocycles. The van der Waals surface area contributed by atoms with Gasteiger partial charge >= 0.3 is 0 Å². The maximum absolute atomic E-state index is 13.0. The Morgan fingerprint density at radius 3 is 2.43 bits per heavy atom. The van der Waals surface area contributed by atoms with Crippen LogP contribution in [0.15, 0.2) is 34.0 Å². The third kappa shape index (κ3) is 4.30. The van der Waals surface area contributed by atoms with Crippen molar-refractivity contribution in [1.82, 2.24) is 23.7 Å². The van der Waals surface area contributed by atoms with Crippen LogP contribution in [-0.2, 0) is 28.4 Å². The van der Waals surface area contributed by atoms with Gasteiger partial charge in [0.25, 0.3) is 10.0 Å². The van der Waals surface area contributed by atoms with E-state index in [1.54, 1.807) is 31.0 Å². The summed E-state index contributed by atoms with van der Waals surface area (Å²) in [4.78, 5) is 21.3. The molecule has 0 spiro atoms. The first kappa shape index (κ1) is 21.1. The number of imidazole rings is 1. The van der Waals surface area contributed by atoms with E-state index in [9.17, 15) is 13.2 Å². The molecule has 1 amide bonds. The number of piperidine rings is 1. The average Bonchev–Trinajstić information content (AvgIpc) is 3.38. The van der Waals surface area contributed by atoms with Crippen LogP contribution in [0.25, 0.3) is 0 Å². The summed E-state index contributed by atoms with van der Waals surface area (Å²) in [5.41, 5.74) is 0. The fraction of sp³-hybridized carbons (Fsp3) is 0.600. The normalized spacial score (nSPS) is 20.0. The SMILES string of the molecule is Cc1nc(S(=O)(=O)N2CCC(C(=O)N3CCN(Cc4ccco4)CC3)CC2)cn1C. The Bertz CT molecular complexity index is 950. The van der Waals surface area contributed by atoms with Crippen molar-refractivity contribution in [3.63, 3.8) is 0 Å². The van der Waals surface area contributed by atoms with E-state index in [1.165, 1.54) is 4.31 Å². The van der Waals surface area contributed by atoms with Gasteiger partial charge in [-0.05, 0) is 31.9 Å². The highest BCUT2D eigenvalue weighted by Gasteiger charge is 2.35. The van der Waals surface area contributed by atoms with Crippen molar-refractivity contribution in [2.75, 3.05) is 39.3 Å². The quantitative estimate of drug-likeness (QED) is 0.698. The zero-order chi connectivity index (χ0) is 21.3. The van der Waals surface area contributed by atoms with Crippen LogP contribution in [0.4, 0.5) is 0 Å². The summed E-state index contributed by atoms with van der Waals surface area (Å²) in [6.07, 6.45) is 4.33. The number of carbonyl (C=O) groups is 1. The Balaban J connectivity index is 1.28. The highest BCUT2D eigenvalue weighted by Crippen LogP contribution is 2.25. The van der Waals surface area contributed by atoms with E-state index in [-0.39, 0.29) is 16.9 Å². The molecular weight excluding hydrogens is 406 g/mol. The molecule has 2 aromatic heterocycles. The monoisotopic (exact) mass is 435 g/mol. The van der Waals surface area contributed by atoms with Gasteiger partial charge in [0.05, 0.1) is 12.8 Å². The fourth-order valence-electron chi connectivity index (χ4n) is 4.13. The second-order valence-corrected chi connectivity index (χ2v) is 9.98. The van der Waals surface area contributed by atoms with Crippen LogP contribution >= 0.6 is 0 Å². The van der Waals surface area contributed by atoms with Gasteiger partial charge in [-0.25, -0.2) is 13.4 Å².